The lowest BCUT2D eigenvalue weighted by atomic mass is 10.1. The van der Waals surface area contributed by atoms with Crippen LogP contribution in [0.2, 0.25) is 0 Å². The lowest BCUT2D eigenvalue weighted by Gasteiger charge is -2.27. The summed E-state index contributed by atoms with van der Waals surface area (Å²) < 4.78 is 6.01. The molecule has 0 N–H and O–H groups in total. The molecule has 2 aromatic rings. The number of hydrogen-bond acceptors (Lipinski definition) is 5. The highest BCUT2D eigenvalue weighted by Gasteiger charge is 2.27. The second-order valence-electron chi connectivity index (χ2n) is 7.45. The van der Waals surface area contributed by atoms with Gasteiger partial charge in [0, 0.05) is 19.3 Å². The Morgan fingerprint density at radius 1 is 1.14 bits per heavy atom. The van der Waals surface area contributed by atoms with Gasteiger partial charge in [0.1, 0.15) is 12.4 Å². The third kappa shape index (κ3) is 4.70. The number of aryl methyl sites for hydroxylation is 2. The fourth-order valence-electron chi connectivity index (χ4n) is 3.69. The lowest BCUT2D eigenvalue weighted by molar-refractivity contribution is -0.113. The number of likely N-dealkylation sites (tertiary alicyclic amines) is 1. The van der Waals surface area contributed by atoms with Gasteiger partial charge in [0.2, 0.25) is 0 Å². The molecule has 5 nitrogen and oxygen atoms in total. The van der Waals surface area contributed by atoms with Crippen LogP contribution in [0.25, 0.3) is 6.08 Å². The molecule has 1 aromatic carbocycles. The van der Waals surface area contributed by atoms with Gasteiger partial charge in [-0.3, -0.25) is 9.78 Å². The summed E-state index contributed by atoms with van der Waals surface area (Å²) in [6, 6.07) is 9.91. The van der Waals surface area contributed by atoms with Gasteiger partial charge in [-0.05, 0) is 91.9 Å². The summed E-state index contributed by atoms with van der Waals surface area (Å²) in [5, 5.41) is 0.852. The van der Waals surface area contributed by atoms with E-state index in [9.17, 15) is 4.79 Å². The van der Waals surface area contributed by atoms with E-state index >= 15 is 0 Å². The maximum absolute atomic E-state index is 12.4. The van der Waals surface area contributed by atoms with Crippen LogP contribution in [0, 0.1) is 13.8 Å². The fourth-order valence-corrected chi connectivity index (χ4v) is 4.66. The Balaban J connectivity index is 1.47. The third-order valence-corrected chi connectivity index (χ3v) is 6.15. The monoisotopic (exact) mass is 407 g/mol. The van der Waals surface area contributed by atoms with Gasteiger partial charge < -0.3 is 9.64 Å². The first-order chi connectivity index (χ1) is 14.1. The molecule has 2 aliphatic heterocycles. The highest BCUT2D eigenvalue weighted by Crippen LogP contribution is 2.33. The molecule has 1 amide bonds. The molecule has 3 heterocycles. The standard InChI is InChI=1S/C23H25N3O2S/c1-16-12-18(13-17(2)21(16)28-15-19-8-4-5-9-24-19)14-20-22(27)25-23(29-20)26-10-6-3-7-11-26/h4-5,8-9,12-14H,3,6-7,10-11,15H2,1-2H3/b20-14-. The number of ether oxygens (including phenoxy) is 1. The molecule has 6 heteroatoms. The summed E-state index contributed by atoms with van der Waals surface area (Å²) in [7, 11) is 0. The minimum absolute atomic E-state index is 0.138. The van der Waals surface area contributed by atoms with Gasteiger partial charge in [0.15, 0.2) is 5.17 Å². The van der Waals surface area contributed by atoms with Gasteiger partial charge in [0.25, 0.3) is 5.91 Å². The van der Waals surface area contributed by atoms with Crippen LogP contribution in [0.3, 0.4) is 0 Å². The molecule has 2 aliphatic rings. The summed E-state index contributed by atoms with van der Waals surface area (Å²) in [6.45, 7) is 6.48. The van der Waals surface area contributed by atoms with E-state index < -0.39 is 0 Å². The van der Waals surface area contributed by atoms with Crippen LogP contribution in [-0.4, -0.2) is 34.0 Å². The third-order valence-electron chi connectivity index (χ3n) is 5.11. The molecule has 0 saturated carbocycles. The Morgan fingerprint density at radius 2 is 1.90 bits per heavy atom. The Bertz CT molecular complexity index is 940. The molecule has 0 unspecified atom stereocenters. The van der Waals surface area contributed by atoms with Gasteiger partial charge >= 0.3 is 0 Å². The zero-order chi connectivity index (χ0) is 20.2. The van der Waals surface area contributed by atoms with E-state index in [2.05, 4.69) is 27.0 Å². The Hall–Kier alpha value is -2.60. The predicted octanol–water partition coefficient (Wildman–Crippen LogP) is 4.73. The first kappa shape index (κ1) is 19.7. The van der Waals surface area contributed by atoms with Crippen LogP contribution in [0.4, 0.5) is 0 Å². The van der Waals surface area contributed by atoms with Crippen molar-refractivity contribution in [3.8, 4) is 5.75 Å². The van der Waals surface area contributed by atoms with Crippen molar-refractivity contribution >= 4 is 28.9 Å². The Morgan fingerprint density at radius 3 is 2.59 bits per heavy atom. The van der Waals surface area contributed by atoms with Crippen molar-refractivity contribution in [2.45, 2.75) is 39.7 Å². The molecule has 1 aromatic heterocycles. The van der Waals surface area contributed by atoms with Gasteiger partial charge in [0.05, 0.1) is 10.6 Å². The van der Waals surface area contributed by atoms with Crippen molar-refractivity contribution in [3.63, 3.8) is 0 Å². The number of amides is 1. The van der Waals surface area contributed by atoms with Crippen molar-refractivity contribution in [2.24, 2.45) is 4.99 Å². The molecule has 0 radical (unpaired) electrons. The minimum atomic E-state index is -0.138. The lowest BCUT2D eigenvalue weighted by Crippen LogP contribution is -2.33. The van der Waals surface area contributed by atoms with Crippen molar-refractivity contribution in [2.75, 3.05) is 13.1 Å². The maximum atomic E-state index is 12.4. The smallest absolute Gasteiger partial charge is 0.286 e. The van der Waals surface area contributed by atoms with Crippen LogP contribution in [0.1, 0.15) is 41.6 Å². The van der Waals surface area contributed by atoms with E-state index in [0.29, 0.717) is 11.5 Å². The zero-order valence-corrected chi connectivity index (χ0v) is 17.7. The second kappa shape index (κ2) is 8.82. The number of nitrogens with zero attached hydrogens (tertiary/aromatic N) is 3. The van der Waals surface area contributed by atoms with Gasteiger partial charge in [-0.15, -0.1) is 0 Å². The topological polar surface area (TPSA) is 54.8 Å². The Labute approximate surface area is 175 Å². The van der Waals surface area contributed by atoms with E-state index in [1.54, 1.807) is 6.20 Å². The zero-order valence-electron chi connectivity index (χ0n) is 16.9. The van der Waals surface area contributed by atoms with E-state index in [-0.39, 0.29) is 5.91 Å². The molecule has 4 rings (SSSR count). The minimum Gasteiger partial charge on any atom is -0.487 e. The van der Waals surface area contributed by atoms with E-state index in [1.807, 2.05) is 38.1 Å². The van der Waals surface area contributed by atoms with Crippen molar-refractivity contribution in [1.29, 1.82) is 0 Å². The highest BCUT2D eigenvalue weighted by molar-refractivity contribution is 8.18. The number of hydrogen-bond donors (Lipinski definition) is 0. The normalized spacial score (nSPS) is 18.3. The van der Waals surface area contributed by atoms with Crippen LogP contribution in [-0.2, 0) is 11.4 Å². The molecule has 29 heavy (non-hydrogen) atoms. The molecule has 0 atom stereocenters. The van der Waals surface area contributed by atoms with Crippen LogP contribution >= 0.6 is 11.8 Å². The van der Waals surface area contributed by atoms with E-state index in [1.165, 1.54) is 31.0 Å². The fraction of sp³-hybridized carbons (Fsp3) is 0.348. The van der Waals surface area contributed by atoms with Crippen LogP contribution in [0.15, 0.2) is 46.4 Å². The Kier molecular flexibility index (Phi) is 6.00. The summed E-state index contributed by atoms with van der Waals surface area (Å²) in [5.74, 6) is 0.731. The summed E-state index contributed by atoms with van der Waals surface area (Å²) in [5.41, 5.74) is 3.98. The number of thioether (sulfide) groups is 1. The molecule has 0 bridgehead atoms. The number of carbonyl (C=O) groups excluding carboxylic acids is 1. The van der Waals surface area contributed by atoms with Crippen LogP contribution < -0.4 is 4.74 Å². The first-order valence-corrected chi connectivity index (χ1v) is 10.8. The van der Waals surface area contributed by atoms with Crippen molar-refractivity contribution in [3.05, 3.63) is 63.8 Å². The average molecular weight is 408 g/mol. The molecule has 150 valence electrons. The van der Waals surface area contributed by atoms with Crippen LogP contribution in [0.5, 0.6) is 5.75 Å². The van der Waals surface area contributed by atoms with Gasteiger partial charge in [-0.2, -0.15) is 4.99 Å². The van der Waals surface area contributed by atoms with E-state index in [0.717, 1.165) is 46.4 Å². The number of rotatable bonds is 4. The number of carbonyl (C=O) groups is 1. The number of amidine groups is 1. The molecular weight excluding hydrogens is 382 g/mol. The molecular formula is C23H25N3O2S. The molecule has 1 fully saturated rings. The number of aromatic nitrogens is 1. The van der Waals surface area contributed by atoms with Gasteiger partial charge in [-0.1, -0.05) is 6.07 Å². The number of benzene rings is 1. The van der Waals surface area contributed by atoms with Gasteiger partial charge in [-0.25, -0.2) is 0 Å². The molecule has 1 saturated heterocycles. The predicted molar refractivity (Wildman–Crippen MR) is 118 cm³/mol. The van der Waals surface area contributed by atoms with E-state index in [4.69, 9.17) is 4.74 Å². The molecule has 0 spiro atoms. The summed E-state index contributed by atoms with van der Waals surface area (Å²) in [4.78, 5) is 23.9. The summed E-state index contributed by atoms with van der Waals surface area (Å²) >= 11 is 1.49. The first-order valence-electron chi connectivity index (χ1n) is 10.0. The largest absolute Gasteiger partial charge is 0.487 e. The number of aliphatic imine (C=N–C) groups is 1. The number of pyridine rings is 1. The van der Waals surface area contributed by atoms with Crippen molar-refractivity contribution in [1.82, 2.24) is 9.88 Å². The number of piperidine rings is 1. The quantitative estimate of drug-likeness (QED) is 0.686. The SMILES string of the molecule is Cc1cc(/C=C2\SC(N3CCCCC3)=NC2=O)cc(C)c1OCc1ccccn1. The second-order valence-corrected chi connectivity index (χ2v) is 8.46. The molecule has 0 aliphatic carbocycles. The maximum Gasteiger partial charge on any atom is 0.286 e. The summed E-state index contributed by atoms with van der Waals surface area (Å²) in [6.07, 6.45) is 7.31. The highest BCUT2D eigenvalue weighted by atomic mass is 32.2. The van der Waals surface area contributed by atoms with Crippen molar-refractivity contribution < 1.29 is 9.53 Å². The average Bonchev–Trinajstić information content (AvgIpc) is 3.09.